The largest absolute Gasteiger partial charge is 0.350 e. The molecule has 0 amide bonds. The van der Waals surface area contributed by atoms with Gasteiger partial charge in [0.15, 0.2) is 0 Å². The highest BCUT2D eigenvalue weighted by molar-refractivity contribution is 5.70. The third-order valence-corrected chi connectivity index (χ3v) is 5.03. The molecule has 1 fully saturated rings. The minimum atomic E-state index is 0.168. The zero-order valence-electron chi connectivity index (χ0n) is 15.3. The Hall–Kier alpha value is -2.92. The van der Waals surface area contributed by atoms with Crippen LogP contribution in [0.5, 0.6) is 0 Å². The molecule has 0 spiro atoms. The van der Waals surface area contributed by atoms with Crippen LogP contribution in [0.1, 0.15) is 25.7 Å². The molecule has 4 N–H and O–H groups in total. The molecule has 0 bridgehead atoms. The van der Waals surface area contributed by atoms with Gasteiger partial charge >= 0.3 is 0 Å². The lowest BCUT2D eigenvalue weighted by molar-refractivity contribution is 0.402. The molecule has 1 saturated carbocycles. The first kappa shape index (κ1) is 17.5. The summed E-state index contributed by atoms with van der Waals surface area (Å²) in [6.45, 7) is 0. The van der Waals surface area contributed by atoms with Crippen molar-refractivity contribution in [3.8, 4) is 11.1 Å². The molecule has 4 rings (SSSR count). The van der Waals surface area contributed by atoms with Crippen molar-refractivity contribution in [2.45, 2.75) is 37.8 Å². The SMILES string of the molecule is N[C@H]1CCCC[C@H]1Nc1nccc(Nc2cccc(-c3ccccc3)c2)n1. The molecule has 5 nitrogen and oxygen atoms in total. The fourth-order valence-electron chi connectivity index (χ4n) is 3.56. The monoisotopic (exact) mass is 359 g/mol. The summed E-state index contributed by atoms with van der Waals surface area (Å²) in [5.74, 6) is 1.39. The van der Waals surface area contributed by atoms with E-state index in [0.717, 1.165) is 24.3 Å². The summed E-state index contributed by atoms with van der Waals surface area (Å²) in [4.78, 5) is 8.97. The average molecular weight is 359 g/mol. The van der Waals surface area contributed by atoms with Crippen molar-refractivity contribution >= 4 is 17.5 Å². The molecule has 0 aliphatic heterocycles. The van der Waals surface area contributed by atoms with E-state index in [0.29, 0.717) is 5.95 Å². The Balaban J connectivity index is 1.48. The number of nitrogens with two attached hydrogens (primary N) is 1. The molecule has 0 saturated heterocycles. The molecule has 138 valence electrons. The van der Waals surface area contributed by atoms with Crippen molar-refractivity contribution in [3.63, 3.8) is 0 Å². The zero-order chi connectivity index (χ0) is 18.5. The molecule has 3 aromatic rings. The van der Waals surface area contributed by atoms with E-state index >= 15 is 0 Å². The van der Waals surface area contributed by atoms with Crippen LogP contribution in [0.25, 0.3) is 11.1 Å². The fourth-order valence-corrected chi connectivity index (χ4v) is 3.56. The second kappa shape index (κ2) is 8.18. The van der Waals surface area contributed by atoms with Crippen molar-refractivity contribution in [1.82, 2.24) is 9.97 Å². The van der Waals surface area contributed by atoms with Crippen molar-refractivity contribution in [3.05, 3.63) is 66.9 Å². The maximum atomic E-state index is 6.23. The Bertz CT molecular complexity index is 881. The molecule has 27 heavy (non-hydrogen) atoms. The smallest absolute Gasteiger partial charge is 0.224 e. The number of nitrogens with zero attached hydrogens (tertiary/aromatic N) is 2. The quantitative estimate of drug-likeness (QED) is 0.622. The Morgan fingerprint density at radius 2 is 1.70 bits per heavy atom. The van der Waals surface area contributed by atoms with Gasteiger partial charge in [-0.1, -0.05) is 55.3 Å². The van der Waals surface area contributed by atoms with E-state index in [-0.39, 0.29) is 12.1 Å². The fraction of sp³-hybridized carbons (Fsp3) is 0.273. The number of benzene rings is 2. The summed E-state index contributed by atoms with van der Waals surface area (Å²) in [5.41, 5.74) is 9.58. The van der Waals surface area contributed by atoms with E-state index in [1.54, 1.807) is 6.20 Å². The Morgan fingerprint density at radius 1 is 0.889 bits per heavy atom. The van der Waals surface area contributed by atoms with Gasteiger partial charge < -0.3 is 16.4 Å². The lowest BCUT2D eigenvalue weighted by Gasteiger charge is -2.29. The predicted octanol–water partition coefficient (Wildman–Crippen LogP) is 4.57. The van der Waals surface area contributed by atoms with Gasteiger partial charge in [-0.3, -0.25) is 0 Å². The van der Waals surface area contributed by atoms with E-state index < -0.39 is 0 Å². The van der Waals surface area contributed by atoms with Crippen LogP contribution >= 0.6 is 0 Å². The highest BCUT2D eigenvalue weighted by atomic mass is 15.2. The summed E-state index contributed by atoms with van der Waals surface area (Å²) in [6, 6.07) is 21.0. The van der Waals surface area contributed by atoms with Crippen LogP contribution in [-0.2, 0) is 0 Å². The molecule has 1 aliphatic rings. The van der Waals surface area contributed by atoms with Gasteiger partial charge in [0.05, 0.1) is 0 Å². The Kier molecular flexibility index (Phi) is 5.30. The maximum absolute atomic E-state index is 6.23. The lowest BCUT2D eigenvalue weighted by Crippen LogP contribution is -2.42. The normalized spacial score (nSPS) is 19.4. The molecule has 0 unspecified atom stereocenters. The van der Waals surface area contributed by atoms with Gasteiger partial charge in [0.1, 0.15) is 5.82 Å². The highest BCUT2D eigenvalue weighted by Gasteiger charge is 2.22. The van der Waals surface area contributed by atoms with Gasteiger partial charge in [-0.15, -0.1) is 0 Å². The Labute approximate surface area is 160 Å². The average Bonchev–Trinajstić information content (AvgIpc) is 2.71. The molecule has 5 heteroatoms. The summed E-state index contributed by atoms with van der Waals surface area (Å²) >= 11 is 0. The summed E-state index contributed by atoms with van der Waals surface area (Å²) in [5, 5.41) is 6.79. The van der Waals surface area contributed by atoms with Crippen molar-refractivity contribution in [2.24, 2.45) is 5.73 Å². The second-order valence-electron chi connectivity index (χ2n) is 7.04. The number of aromatic nitrogens is 2. The second-order valence-corrected chi connectivity index (χ2v) is 7.04. The number of hydrogen-bond acceptors (Lipinski definition) is 5. The number of rotatable bonds is 5. The van der Waals surface area contributed by atoms with Gasteiger partial charge in [-0.2, -0.15) is 4.98 Å². The maximum Gasteiger partial charge on any atom is 0.224 e. The van der Waals surface area contributed by atoms with Crippen LogP contribution in [0.2, 0.25) is 0 Å². The number of nitrogens with one attached hydrogen (secondary N) is 2. The van der Waals surface area contributed by atoms with Crippen LogP contribution < -0.4 is 16.4 Å². The highest BCUT2D eigenvalue weighted by Crippen LogP contribution is 2.25. The van der Waals surface area contributed by atoms with E-state index in [1.807, 2.05) is 36.4 Å². The van der Waals surface area contributed by atoms with E-state index in [2.05, 4.69) is 44.9 Å². The minimum Gasteiger partial charge on any atom is -0.350 e. The first-order chi connectivity index (χ1) is 13.3. The number of hydrogen-bond donors (Lipinski definition) is 3. The van der Waals surface area contributed by atoms with Gasteiger partial charge in [0.2, 0.25) is 5.95 Å². The zero-order valence-corrected chi connectivity index (χ0v) is 15.3. The van der Waals surface area contributed by atoms with Gasteiger partial charge in [-0.05, 0) is 42.2 Å². The molecule has 0 radical (unpaired) electrons. The van der Waals surface area contributed by atoms with Gasteiger partial charge in [-0.25, -0.2) is 4.98 Å². The van der Waals surface area contributed by atoms with Gasteiger partial charge in [0.25, 0.3) is 0 Å². The number of anilines is 3. The van der Waals surface area contributed by atoms with Crippen molar-refractivity contribution in [2.75, 3.05) is 10.6 Å². The third-order valence-electron chi connectivity index (χ3n) is 5.03. The topological polar surface area (TPSA) is 75.9 Å². The van der Waals surface area contributed by atoms with E-state index in [1.165, 1.54) is 24.0 Å². The first-order valence-corrected chi connectivity index (χ1v) is 9.55. The van der Waals surface area contributed by atoms with Crippen LogP contribution in [0.15, 0.2) is 66.9 Å². The van der Waals surface area contributed by atoms with Crippen LogP contribution in [0, 0.1) is 0 Å². The third kappa shape index (κ3) is 4.44. The molecule has 1 heterocycles. The summed E-state index contributed by atoms with van der Waals surface area (Å²) in [6.07, 6.45) is 6.31. The van der Waals surface area contributed by atoms with E-state index in [9.17, 15) is 0 Å². The van der Waals surface area contributed by atoms with Crippen LogP contribution in [0.4, 0.5) is 17.5 Å². The summed E-state index contributed by atoms with van der Waals surface area (Å²) in [7, 11) is 0. The molecule has 2 aromatic carbocycles. The van der Waals surface area contributed by atoms with E-state index in [4.69, 9.17) is 5.73 Å². The molecule has 1 aliphatic carbocycles. The van der Waals surface area contributed by atoms with Crippen molar-refractivity contribution < 1.29 is 0 Å². The molecule has 1 aromatic heterocycles. The molecule has 2 atom stereocenters. The standard InChI is InChI=1S/C22H25N5/c23-19-11-4-5-12-20(19)26-22-24-14-13-21(27-22)25-18-10-6-9-17(15-18)16-7-2-1-3-8-16/h1-3,6-10,13-15,19-20H,4-5,11-12,23H2,(H2,24,25,26,27)/t19-,20+/m0/s1. The first-order valence-electron chi connectivity index (χ1n) is 9.55. The molecular weight excluding hydrogens is 334 g/mol. The van der Waals surface area contributed by atoms with Crippen LogP contribution in [-0.4, -0.2) is 22.1 Å². The molecular formula is C22H25N5. The summed E-state index contributed by atoms with van der Waals surface area (Å²) < 4.78 is 0. The van der Waals surface area contributed by atoms with Gasteiger partial charge in [0, 0.05) is 24.0 Å². The minimum absolute atomic E-state index is 0.168. The van der Waals surface area contributed by atoms with Crippen LogP contribution in [0.3, 0.4) is 0 Å². The Morgan fingerprint density at radius 3 is 2.56 bits per heavy atom. The lowest BCUT2D eigenvalue weighted by atomic mass is 9.91. The van der Waals surface area contributed by atoms with Crippen molar-refractivity contribution in [1.29, 1.82) is 0 Å². The predicted molar refractivity (Wildman–Crippen MR) is 111 cm³/mol.